The number of hydrogen-bond donors (Lipinski definition) is 0. The fraction of sp³-hybridized carbons (Fsp3) is 0.267. The molecule has 2 nitrogen and oxygen atoms in total. The van der Waals surface area contributed by atoms with Gasteiger partial charge < -0.3 is 4.90 Å². The fourth-order valence-corrected chi connectivity index (χ4v) is 3.13. The van der Waals surface area contributed by atoms with Gasteiger partial charge in [-0.2, -0.15) is 0 Å². The number of rotatable bonds is 2. The Bertz CT molecular complexity index is 533. The van der Waals surface area contributed by atoms with Gasteiger partial charge in [-0.25, -0.2) is 0 Å². The monoisotopic (exact) mass is 303 g/mol. The third-order valence-electron chi connectivity index (χ3n) is 3.52. The number of fused-ring (bicyclic) bond motifs is 1. The molecule has 0 aromatic heterocycles. The van der Waals surface area contributed by atoms with Crippen LogP contribution in [0.2, 0.25) is 0 Å². The molecule has 1 atom stereocenters. The van der Waals surface area contributed by atoms with Crippen LogP contribution in [-0.2, 0) is 11.3 Å². The lowest BCUT2D eigenvalue weighted by Gasteiger charge is -2.16. The lowest BCUT2D eigenvalue weighted by molar-refractivity contribution is -0.125. The lowest BCUT2D eigenvalue weighted by atomic mass is 9.94. The highest BCUT2D eigenvalue weighted by molar-refractivity contribution is 9.11. The number of carbonyl (C=O) groups is 1. The van der Waals surface area contributed by atoms with Crippen molar-refractivity contribution in [3.8, 4) is 0 Å². The highest BCUT2D eigenvalue weighted by Gasteiger charge is 2.35. The Morgan fingerprint density at radius 1 is 1.22 bits per heavy atom. The molecule has 0 saturated carbocycles. The van der Waals surface area contributed by atoms with Gasteiger partial charge in [0, 0.05) is 24.6 Å². The van der Waals surface area contributed by atoms with Crippen LogP contribution in [0.15, 0.2) is 52.5 Å². The molecule has 2 aliphatic rings. The second-order valence-electron chi connectivity index (χ2n) is 4.81. The number of likely N-dealkylation sites (tertiary alicyclic amines) is 1. The summed E-state index contributed by atoms with van der Waals surface area (Å²) in [6.07, 6.45) is 4.91. The molecule has 1 unspecified atom stereocenters. The maximum Gasteiger partial charge on any atom is 0.250 e. The number of amides is 1. The summed E-state index contributed by atoms with van der Waals surface area (Å²) < 4.78 is 1.19. The van der Waals surface area contributed by atoms with Crippen LogP contribution in [0.25, 0.3) is 0 Å². The van der Waals surface area contributed by atoms with Crippen LogP contribution in [0.5, 0.6) is 0 Å². The average Bonchev–Trinajstić information content (AvgIpc) is 2.67. The van der Waals surface area contributed by atoms with Gasteiger partial charge in [0.1, 0.15) is 0 Å². The van der Waals surface area contributed by atoms with Crippen LogP contribution in [0.1, 0.15) is 12.0 Å². The summed E-state index contributed by atoms with van der Waals surface area (Å²) in [5.74, 6) is 0.556. The maximum atomic E-state index is 12.3. The highest BCUT2D eigenvalue weighted by atomic mass is 79.9. The van der Waals surface area contributed by atoms with E-state index >= 15 is 0 Å². The molecular formula is C15H14BrNO. The summed E-state index contributed by atoms with van der Waals surface area (Å²) >= 11 is 3.52. The van der Waals surface area contributed by atoms with Crippen molar-refractivity contribution in [3.63, 3.8) is 0 Å². The first-order chi connectivity index (χ1) is 8.74. The van der Waals surface area contributed by atoms with E-state index in [4.69, 9.17) is 0 Å². The van der Waals surface area contributed by atoms with Gasteiger partial charge in [0.05, 0.1) is 0 Å². The number of hydrogen-bond acceptors (Lipinski definition) is 1. The Morgan fingerprint density at radius 3 is 2.78 bits per heavy atom. The molecule has 92 valence electrons. The van der Waals surface area contributed by atoms with Crippen molar-refractivity contribution in [2.75, 3.05) is 6.54 Å². The first kappa shape index (κ1) is 11.7. The molecule has 3 rings (SSSR count). The molecule has 1 aromatic rings. The van der Waals surface area contributed by atoms with Crippen molar-refractivity contribution in [1.82, 2.24) is 4.90 Å². The molecule has 0 radical (unpaired) electrons. The smallest absolute Gasteiger partial charge is 0.250 e. The van der Waals surface area contributed by atoms with E-state index in [0.717, 1.165) is 18.5 Å². The predicted octanol–water partition coefficient (Wildman–Crippen LogP) is 3.25. The number of halogens is 1. The molecule has 1 heterocycles. The van der Waals surface area contributed by atoms with Crippen molar-refractivity contribution in [2.24, 2.45) is 5.92 Å². The molecule has 1 fully saturated rings. The van der Waals surface area contributed by atoms with E-state index in [2.05, 4.69) is 28.1 Å². The Morgan fingerprint density at radius 2 is 2.00 bits per heavy atom. The van der Waals surface area contributed by atoms with E-state index < -0.39 is 0 Å². The number of allylic oxidation sites excluding steroid dienone is 3. The van der Waals surface area contributed by atoms with E-state index in [1.54, 1.807) is 0 Å². The van der Waals surface area contributed by atoms with Crippen LogP contribution in [0.4, 0.5) is 0 Å². The largest absolute Gasteiger partial charge is 0.334 e. The van der Waals surface area contributed by atoms with Crippen LogP contribution in [-0.4, -0.2) is 17.4 Å². The standard InChI is InChI=1S/C15H14BrNO/c16-13-6-7-14-12(8-13)10-17(15(14)18)9-11-4-2-1-3-5-11/h1-7,12H,8-10H2. The molecule has 18 heavy (non-hydrogen) atoms. The number of benzene rings is 1. The summed E-state index contributed by atoms with van der Waals surface area (Å²) in [6, 6.07) is 10.2. The van der Waals surface area contributed by atoms with E-state index in [1.165, 1.54) is 10.0 Å². The molecule has 1 amide bonds. The van der Waals surface area contributed by atoms with E-state index in [-0.39, 0.29) is 5.91 Å². The topological polar surface area (TPSA) is 20.3 Å². The number of nitrogens with zero attached hydrogens (tertiary/aromatic N) is 1. The molecule has 0 spiro atoms. The van der Waals surface area contributed by atoms with Gasteiger partial charge in [-0.05, 0) is 16.5 Å². The zero-order valence-corrected chi connectivity index (χ0v) is 11.6. The molecule has 1 aliphatic heterocycles. The minimum absolute atomic E-state index is 0.195. The number of carbonyl (C=O) groups excluding carboxylic acids is 1. The molecule has 1 aromatic carbocycles. The van der Waals surface area contributed by atoms with Gasteiger partial charge in [-0.15, -0.1) is 0 Å². The Balaban J connectivity index is 1.77. The second-order valence-corrected chi connectivity index (χ2v) is 5.83. The minimum atomic E-state index is 0.195. The fourth-order valence-electron chi connectivity index (χ4n) is 2.61. The third kappa shape index (κ3) is 2.15. The minimum Gasteiger partial charge on any atom is -0.334 e. The second kappa shape index (κ2) is 4.73. The maximum absolute atomic E-state index is 12.3. The van der Waals surface area contributed by atoms with Gasteiger partial charge in [0.25, 0.3) is 0 Å². The van der Waals surface area contributed by atoms with Gasteiger partial charge >= 0.3 is 0 Å². The summed E-state index contributed by atoms with van der Waals surface area (Å²) in [5.41, 5.74) is 2.16. The Hall–Kier alpha value is -1.35. The SMILES string of the molecule is O=C1C2=CC=C(Br)CC2CN1Cc1ccccc1. The highest BCUT2D eigenvalue weighted by Crippen LogP contribution is 2.35. The molecule has 3 heteroatoms. The summed E-state index contributed by atoms with van der Waals surface area (Å²) in [7, 11) is 0. The zero-order valence-electron chi connectivity index (χ0n) is 9.97. The molecular weight excluding hydrogens is 290 g/mol. The molecule has 1 aliphatic carbocycles. The average molecular weight is 304 g/mol. The van der Waals surface area contributed by atoms with Crippen LogP contribution in [0, 0.1) is 5.92 Å². The quantitative estimate of drug-likeness (QED) is 0.821. The normalized spacial score (nSPS) is 22.6. The Labute approximate surface area is 115 Å². The van der Waals surface area contributed by atoms with Gasteiger partial charge in [0.15, 0.2) is 0 Å². The zero-order chi connectivity index (χ0) is 12.5. The molecule has 1 saturated heterocycles. The molecule has 0 N–H and O–H groups in total. The first-order valence-electron chi connectivity index (χ1n) is 6.13. The van der Waals surface area contributed by atoms with Crippen LogP contribution in [0.3, 0.4) is 0 Å². The summed E-state index contributed by atoms with van der Waals surface area (Å²) in [4.78, 5) is 14.2. The van der Waals surface area contributed by atoms with Crippen molar-refractivity contribution >= 4 is 21.8 Å². The van der Waals surface area contributed by atoms with Crippen molar-refractivity contribution in [3.05, 3.63) is 58.1 Å². The summed E-state index contributed by atoms with van der Waals surface area (Å²) in [5, 5.41) is 0. The van der Waals surface area contributed by atoms with Gasteiger partial charge in [-0.1, -0.05) is 58.4 Å². The summed E-state index contributed by atoms with van der Waals surface area (Å²) in [6.45, 7) is 1.55. The van der Waals surface area contributed by atoms with Gasteiger partial charge in [0.2, 0.25) is 5.91 Å². The lowest BCUT2D eigenvalue weighted by Crippen LogP contribution is -2.24. The van der Waals surface area contributed by atoms with Crippen molar-refractivity contribution in [2.45, 2.75) is 13.0 Å². The predicted molar refractivity (Wildman–Crippen MR) is 75.1 cm³/mol. The van der Waals surface area contributed by atoms with Crippen LogP contribution >= 0.6 is 15.9 Å². The van der Waals surface area contributed by atoms with E-state index in [1.807, 2.05) is 35.3 Å². The van der Waals surface area contributed by atoms with E-state index in [9.17, 15) is 4.79 Å². The van der Waals surface area contributed by atoms with Crippen molar-refractivity contribution < 1.29 is 4.79 Å². The van der Waals surface area contributed by atoms with E-state index in [0.29, 0.717) is 12.5 Å². The molecule has 0 bridgehead atoms. The Kier molecular flexibility index (Phi) is 3.08. The van der Waals surface area contributed by atoms with Crippen molar-refractivity contribution in [1.29, 1.82) is 0 Å². The first-order valence-corrected chi connectivity index (χ1v) is 6.93. The van der Waals surface area contributed by atoms with Crippen LogP contribution < -0.4 is 0 Å². The third-order valence-corrected chi connectivity index (χ3v) is 4.10. The van der Waals surface area contributed by atoms with Gasteiger partial charge in [-0.3, -0.25) is 4.79 Å².